The number of methoxy groups -OCH3 is 1. The van der Waals surface area contributed by atoms with E-state index in [0.29, 0.717) is 251 Å². The average molecular weight is 1480 g/mol. The average Bonchev–Trinajstić information content (AvgIpc) is 3.74. The van der Waals surface area contributed by atoms with E-state index in [1.807, 2.05) is 0 Å². The summed E-state index contributed by atoms with van der Waals surface area (Å²) in [5, 5.41) is 0. The summed E-state index contributed by atoms with van der Waals surface area (Å²) in [4.78, 5) is 0. The largest absolute Gasteiger partial charge is 0.385 e. The summed E-state index contributed by atoms with van der Waals surface area (Å²) in [6, 6.07) is 0. The molecular formula is C77H156O25. The number of ether oxygens (including phenoxy) is 25. The van der Waals surface area contributed by atoms with Gasteiger partial charge in [-0.25, -0.2) is 0 Å². The zero-order valence-corrected chi connectivity index (χ0v) is 65.2. The van der Waals surface area contributed by atoms with Crippen LogP contribution in [0.1, 0.15) is 174 Å². The molecule has 25 nitrogen and oxygen atoms in total. The van der Waals surface area contributed by atoms with Gasteiger partial charge in [0.25, 0.3) is 0 Å². The number of unbranched alkanes of at least 4 members (excludes halogenated alkanes) is 1. The zero-order chi connectivity index (χ0) is 72.7. The fourth-order valence-electron chi connectivity index (χ4n) is 9.05. The minimum atomic E-state index is 0.697. The highest BCUT2D eigenvalue weighted by molar-refractivity contribution is 4.50. The second kappa shape index (κ2) is 100. The van der Waals surface area contributed by atoms with Crippen molar-refractivity contribution in [1.82, 2.24) is 0 Å². The van der Waals surface area contributed by atoms with Crippen LogP contribution < -0.4 is 0 Å². The van der Waals surface area contributed by atoms with Gasteiger partial charge in [0.05, 0.1) is 0 Å². The Morgan fingerprint density at radius 1 is 0.0980 bits per heavy atom. The first-order valence-electron chi connectivity index (χ1n) is 40.3. The molecule has 0 spiro atoms. The monoisotopic (exact) mass is 1480 g/mol. The van der Waals surface area contributed by atoms with Crippen LogP contribution in [-0.2, 0) is 118 Å². The molecule has 25 heteroatoms. The Labute approximate surface area is 620 Å². The maximum absolute atomic E-state index is 5.72. The van der Waals surface area contributed by atoms with Gasteiger partial charge in [-0.15, -0.1) is 0 Å². The molecule has 0 amide bonds. The van der Waals surface area contributed by atoms with Crippen molar-refractivity contribution >= 4 is 0 Å². The van der Waals surface area contributed by atoms with E-state index < -0.39 is 0 Å². The van der Waals surface area contributed by atoms with E-state index in [1.54, 1.807) is 7.11 Å². The molecule has 0 N–H and O–H groups in total. The molecule has 0 aliphatic heterocycles. The first kappa shape index (κ1) is 101. The molecule has 0 aliphatic carbocycles. The first-order valence-corrected chi connectivity index (χ1v) is 40.3. The van der Waals surface area contributed by atoms with Crippen LogP contribution in [0.25, 0.3) is 0 Å². The molecule has 0 aromatic carbocycles. The standard InChI is InChI=1S/C77H156O25/c1-3-4-30-79-32-6-34-81-36-8-38-83-40-10-42-85-44-12-46-87-48-14-50-89-52-16-54-91-56-18-58-93-60-20-62-95-64-22-66-97-68-24-70-99-72-26-74-101-76-28-77-102-75-27-73-100-71-25-69-98-67-23-65-96-63-21-61-94-59-19-57-92-55-17-53-90-51-15-49-88-47-13-45-86-43-11-41-84-39-9-37-82-35-7-33-80-31-5-29-78-2/h3-77H2,1-2H3. The molecule has 0 radical (unpaired) electrons. The van der Waals surface area contributed by atoms with Gasteiger partial charge in [-0.2, -0.15) is 0 Å². The number of hydrogen-bond donors (Lipinski definition) is 0. The Balaban J connectivity index is 3.09. The van der Waals surface area contributed by atoms with Crippen LogP contribution in [0.3, 0.4) is 0 Å². The Morgan fingerprint density at radius 2 is 0.167 bits per heavy atom. The molecule has 0 fully saturated rings. The Kier molecular flexibility index (Phi) is 99.0. The highest BCUT2D eigenvalue weighted by atomic mass is 16.5. The quantitative estimate of drug-likeness (QED) is 0.0515. The van der Waals surface area contributed by atoms with Gasteiger partial charge in [0.15, 0.2) is 0 Å². The summed E-state index contributed by atoms with van der Waals surface area (Å²) in [7, 11) is 1.71. The molecule has 0 atom stereocenters. The third-order valence-electron chi connectivity index (χ3n) is 14.6. The van der Waals surface area contributed by atoms with Crippen molar-refractivity contribution in [3.8, 4) is 0 Å². The van der Waals surface area contributed by atoms with Crippen molar-refractivity contribution in [3.05, 3.63) is 0 Å². The van der Waals surface area contributed by atoms with Gasteiger partial charge in [-0.1, -0.05) is 13.3 Å². The van der Waals surface area contributed by atoms with E-state index in [1.165, 1.54) is 6.42 Å². The van der Waals surface area contributed by atoms with Crippen LogP contribution in [0, 0.1) is 0 Å². The minimum absolute atomic E-state index is 0.697. The third kappa shape index (κ3) is 99.0. The predicted molar refractivity (Wildman–Crippen MR) is 397 cm³/mol. The van der Waals surface area contributed by atoms with Crippen LogP contribution in [0.2, 0.25) is 0 Å². The molecular weight excluding hydrogens is 1320 g/mol. The van der Waals surface area contributed by atoms with Crippen LogP contribution in [0.15, 0.2) is 0 Å². The van der Waals surface area contributed by atoms with E-state index in [-0.39, 0.29) is 0 Å². The maximum atomic E-state index is 5.72. The molecule has 0 unspecified atom stereocenters. The van der Waals surface area contributed by atoms with Crippen molar-refractivity contribution in [2.24, 2.45) is 0 Å². The molecule has 614 valence electrons. The minimum Gasteiger partial charge on any atom is -0.385 e. The van der Waals surface area contributed by atoms with Gasteiger partial charge >= 0.3 is 0 Å². The second-order valence-electron chi connectivity index (χ2n) is 24.5. The molecule has 0 rings (SSSR count). The van der Waals surface area contributed by atoms with Crippen LogP contribution in [0.5, 0.6) is 0 Å². The normalized spacial score (nSPS) is 11.8. The fourth-order valence-corrected chi connectivity index (χ4v) is 9.05. The van der Waals surface area contributed by atoms with E-state index in [9.17, 15) is 0 Å². The first-order chi connectivity index (χ1) is 50.9. The highest BCUT2D eigenvalue weighted by Crippen LogP contribution is 2.02. The number of rotatable bonds is 99. The van der Waals surface area contributed by atoms with Gasteiger partial charge < -0.3 is 118 Å². The maximum Gasteiger partial charge on any atom is 0.0488 e. The van der Waals surface area contributed by atoms with Gasteiger partial charge in [0.2, 0.25) is 0 Å². The molecule has 0 saturated heterocycles. The molecule has 0 saturated carbocycles. The van der Waals surface area contributed by atoms with E-state index >= 15 is 0 Å². The summed E-state index contributed by atoms with van der Waals surface area (Å²) < 4.78 is 141. The lowest BCUT2D eigenvalue weighted by atomic mass is 10.4. The Bertz CT molecular complexity index is 1310. The fraction of sp³-hybridized carbons (Fsp3) is 1.00. The molecule has 0 aromatic heterocycles. The van der Waals surface area contributed by atoms with Crippen molar-refractivity contribution in [3.63, 3.8) is 0 Å². The smallest absolute Gasteiger partial charge is 0.0488 e. The van der Waals surface area contributed by atoms with Gasteiger partial charge in [0, 0.05) is 331 Å². The lowest BCUT2D eigenvalue weighted by molar-refractivity contribution is 0.0389. The van der Waals surface area contributed by atoms with E-state index in [0.717, 1.165) is 233 Å². The summed E-state index contributed by atoms with van der Waals surface area (Å²) in [5.74, 6) is 0. The summed E-state index contributed by atoms with van der Waals surface area (Å²) in [6.07, 6.45) is 23.8. The second-order valence-corrected chi connectivity index (χ2v) is 24.5. The predicted octanol–water partition coefficient (Wildman–Crippen LogP) is 11.2. The number of hydrogen-bond acceptors (Lipinski definition) is 25. The van der Waals surface area contributed by atoms with Gasteiger partial charge in [-0.3, -0.25) is 0 Å². The lowest BCUT2D eigenvalue weighted by Gasteiger charge is -2.08. The topological polar surface area (TPSA) is 231 Å². The van der Waals surface area contributed by atoms with Crippen molar-refractivity contribution < 1.29 is 118 Å². The van der Waals surface area contributed by atoms with Gasteiger partial charge in [0.1, 0.15) is 0 Å². The van der Waals surface area contributed by atoms with E-state index in [2.05, 4.69) is 6.92 Å². The molecule has 0 aliphatic rings. The van der Waals surface area contributed by atoms with Crippen molar-refractivity contribution in [1.29, 1.82) is 0 Å². The highest BCUT2D eigenvalue weighted by Gasteiger charge is 2.03. The van der Waals surface area contributed by atoms with Crippen LogP contribution >= 0.6 is 0 Å². The molecule has 0 heterocycles. The third-order valence-corrected chi connectivity index (χ3v) is 14.6. The van der Waals surface area contributed by atoms with Crippen LogP contribution in [0.4, 0.5) is 0 Å². The Hall–Kier alpha value is -1.00. The Morgan fingerprint density at radius 3 is 0.235 bits per heavy atom. The molecule has 0 bridgehead atoms. The van der Waals surface area contributed by atoms with Crippen molar-refractivity contribution in [2.75, 3.05) is 331 Å². The summed E-state index contributed by atoms with van der Waals surface area (Å²) in [6.45, 7) is 37.1. The molecule has 0 aromatic rings. The lowest BCUT2D eigenvalue weighted by Crippen LogP contribution is -2.09. The summed E-state index contributed by atoms with van der Waals surface area (Å²) in [5.41, 5.74) is 0. The summed E-state index contributed by atoms with van der Waals surface area (Å²) >= 11 is 0. The molecule has 102 heavy (non-hydrogen) atoms. The van der Waals surface area contributed by atoms with Crippen molar-refractivity contribution in [2.45, 2.75) is 174 Å². The van der Waals surface area contributed by atoms with Gasteiger partial charge in [-0.05, 0) is 161 Å². The van der Waals surface area contributed by atoms with E-state index in [4.69, 9.17) is 118 Å². The van der Waals surface area contributed by atoms with Crippen LogP contribution in [-0.4, -0.2) is 331 Å². The zero-order valence-electron chi connectivity index (χ0n) is 65.2. The SMILES string of the molecule is CCCCOCCCOCCCOCCCOCCCOCCCOCCCOCCCOCCCOCCCOCCCOCCCOCCCOCCCOCCCOCCCOCCCOCCCOCCCOCCCOCCCOCCCOCCCOCCCOCCCOC.